The monoisotopic (exact) mass is 618 g/mol. The number of benzene rings is 3. The zero-order chi connectivity index (χ0) is 32.2. The second-order valence-corrected chi connectivity index (χ2v) is 10.3. The van der Waals surface area contributed by atoms with E-state index in [0.29, 0.717) is 16.7 Å². The summed E-state index contributed by atoms with van der Waals surface area (Å²) >= 11 is 0. The first kappa shape index (κ1) is 29.2. The van der Waals surface area contributed by atoms with Crippen LogP contribution in [0.25, 0.3) is 0 Å². The summed E-state index contributed by atoms with van der Waals surface area (Å²) in [7, 11) is 0. The van der Waals surface area contributed by atoms with Crippen molar-refractivity contribution in [2.75, 3.05) is 6.61 Å². The van der Waals surface area contributed by atoms with Gasteiger partial charge in [-0.15, -0.1) is 0 Å². The number of Topliss-reactive ketones (excluding diaryl/α,β-unsaturated/α-hetero) is 1. The SMILES string of the molecule is CC(=O)OC[C@H](OC(C)=O)[C@H]1OC(=O)C(=O)C1OC(=O)c1ccc2c(c1)C(=O)OC21c2ccc(O)cc2Oc2cc(O)ccc21. The van der Waals surface area contributed by atoms with E-state index in [1.165, 1.54) is 54.6 Å². The topological polar surface area (TPSA) is 198 Å². The lowest BCUT2D eigenvalue weighted by Crippen LogP contribution is -2.44. The fourth-order valence-electron chi connectivity index (χ4n) is 5.52. The normalized spacial score (nSPS) is 19.3. The maximum Gasteiger partial charge on any atom is 0.379 e. The Hall–Kier alpha value is -5.92. The van der Waals surface area contributed by atoms with Crippen molar-refractivity contribution < 1.29 is 67.4 Å². The van der Waals surface area contributed by atoms with Gasteiger partial charge in [0.1, 0.15) is 29.6 Å². The van der Waals surface area contributed by atoms with E-state index in [1.54, 1.807) is 0 Å². The quantitative estimate of drug-likeness (QED) is 0.231. The Bertz CT molecular complexity index is 1770. The molecule has 0 amide bonds. The van der Waals surface area contributed by atoms with Gasteiger partial charge in [0, 0.05) is 42.7 Å². The predicted molar refractivity (Wildman–Crippen MR) is 144 cm³/mol. The van der Waals surface area contributed by atoms with Gasteiger partial charge in [-0.3, -0.25) is 14.4 Å². The average Bonchev–Trinajstić information content (AvgIpc) is 3.42. The maximum atomic E-state index is 13.4. The second-order valence-electron chi connectivity index (χ2n) is 10.3. The molecule has 1 spiro atoms. The lowest BCUT2D eigenvalue weighted by atomic mass is 9.77. The van der Waals surface area contributed by atoms with Crippen molar-refractivity contribution in [2.24, 2.45) is 0 Å². The van der Waals surface area contributed by atoms with Gasteiger partial charge in [-0.05, 0) is 36.4 Å². The minimum atomic E-state index is -1.87. The van der Waals surface area contributed by atoms with Crippen LogP contribution in [0.1, 0.15) is 51.3 Å². The molecule has 3 heterocycles. The van der Waals surface area contributed by atoms with Crippen LogP contribution in [0, 0.1) is 0 Å². The molecule has 0 saturated carbocycles. The highest BCUT2D eigenvalue weighted by Gasteiger charge is 2.55. The number of hydrogen-bond donors (Lipinski definition) is 2. The Balaban J connectivity index is 1.35. The van der Waals surface area contributed by atoms with Gasteiger partial charge in [0.2, 0.25) is 6.10 Å². The molecule has 14 heteroatoms. The van der Waals surface area contributed by atoms with Gasteiger partial charge in [-0.25, -0.2) is 14.4 Å². The fraction of sp³-hybridized carbons (Fsp3) is 0.226. The van der Waals surface area contributed by atoms with E-state index in [2.05, 4.69) is 0 Å². The lowest BCUT2D eigenvalue weighted by Gasteiger charge is -2.36. The number of fused-ring (bicyclic) bond motifs is 6. The highest BCUT2D eigenvalue weighted by molar-refractivity contribution is 6.37. The van der Waals surface area contributed by atoms with Crippen LogP contribution in [0.5, 0.6) is 23.0 Å². The first-order valence-electron chi connectivity index (χ1n) is 13.4. The van der Waals surface area contributed by atoms with Crippen molar-refractivity contribution >= 4 is 35.6 Å². The van der Waals surface area contributed by atoms with Crippen molar-refractivity contribution in [2.45, 2.75) is 37.8 Å². The summed E-state index contributed by atoms with van der Waals surface area (Å²) in [5.74, 6) is -6.09. The van der Waals surface area contributed by atoms with Crippen molar-refractivity contribution in [3.8, 4) is 23.0 Å². The Kier molecular flexibility index (Phi) is 6.91. The molecule has 3 aromatic carbocycles. The van der Waals surface area contributed by atoms with E-state index in [4.69, 9.17) is 28.4 Å². The summed E-state index contributed by atoms with van der Waals surface area (Å²) in [5, 5.41) is 20.2. The molecule has 3 atom stereocenters. The van der Waals surface area contributed by atoms with Crippen LogP contribution in [0.2, 0.25) is 0 Å². The van der Waals surface area contributed by atoms with Crippen molar-refractivity contribution in [3.63, 3.8) is 0 Å². The predicted octanol–water partition coefficient (Wildman–Crippen LogP) is 2.18. The van der Waals surface area contributed by atoms with E-state index in [9.17, 15) is 39.0 Å². The molecule has 3 aliphatic rings. The molecule has 3 aliphatic heterocycles. The van der Waals surface area contributed by atoms with Crippen LogP contribution in [0.15, 0.2) is 54.6 Å². The van der Waals surface area contributed by atoms with Crippen molar-refractivity contribution in [1.29, 1.82) is 0 Å². The number of ketones is 1. The van der Waals surface area contributed by atoms with Gasteiger partial charge in [-0.2, -0.15) is 0 Å². The molecule has 45 heavy (non-hydrogen) atoms. The zero-order valence-electron chi connectivity index (χ0n) is 23.4. The Morgan fingerprint density at radius 3 is 2.07 bits per heavy atom. The van der Waals surface area contributed by atoms with Gasteiger partial charge >= 0.3 is 29.8 Å². The number of carbonyl (C=O) groups is 6. The summed E-state index contributed by atoms with van der Waals surface area (Å²) in [6.07, 6.45) is -4.96. The Morgan fingerprint density at radius 2 is 1.47 bits per heavy atom. The number of esters is 5. The molecular weight excluding hydrogens is 596 g/mol. The summed E-state index contributed by atoms with van der Waals surface area (Å²) < 4.78 is 32.2. The van der Waals surface area contributed by atoms with Gasteiger partial charge < -0.3 is 38.6 Å². The first-order valence-corrected chi connectivity index (χ1v) is 13.4. The summed E-state index contributed by atoms with van der Waals surface area (Å²) in [6, 6.07) is 12.4. The fourth-order valence-corrected chi connectivity index (χ4v) is 5.52. The van der Waals surface area contributed by atoms with E-state index < -0.39 is 66.1 Å². The van der Waals surface area contributed by atoms with Crippen LogP contribution in [0.3, 0.4) is 0 Å². The molecule has 2 N–H and O–H groups in total. The number of hydrogen-bond acceptors (Lipinski definition) is 14. The molecule has 3 aromatic rings. The molecular formula is C31H22O14. The summed E-state index contributed by atoms with van der Waals surface area (Å²) in [4.78, 5) is 74.4. The largest absolute Gasteiger partial charge is 0.508 e. The Morgan fingerprint density at radius 1 is 0.844 bits per heavy atom. The number of phenolic OH excluding ortho intramolecular Hbond substituents is 2. The van der Waals surface area contributed by atoms with Gasteiger partial charge in [0.25, 0.3) is 5.78 Å². The molecule has 1 unspecified atom stereocenters. The average molecular weight is 619 g/mol. The minimum Gasteiger partial charge on any atom is -0.508 e. The maximum absolute atomic E-state index is 13.4. The molecule has 0 bridgehead atoms. The van der Waals surface area contributed by atoms with Crippen LogP contribution >= 0.6 is 0 Å². The van der Waals surface area contributed by atoms with E-state index in [1.807, 2.05) is 0 Å². The second kappa shape index (κ2) is 10.7. The summed E-state index contributed by atoms with van der Waals surface area (Å²) in [5.41, 5.74) is -0.809. The third-order valence-corrected chi connectivity index (χ3v) is 7.38. The molecule has 0 radical (unpaired) electrons. The van der Waals surface area contributed by atoms with Gasteiger partial charge in [0.15, 0.2) is 17.8 Å². The number of rotatable bonds is 6. The molecule has 1 fully saturated rings. The first-order chi connectivity index (χ1) is 21.4. The Labute approximate surface area is 253 Å². The third kappa shape index (κ3) is 4.85. The number of phenols is 2. The molecule has 230 valence electrons. The molecule has 0 aliphatic carbocycles. The highest BCUT2D eigenvalue weighted by Crippen LogP contribution is 2.57. The summed E-state index contributed by atoms with van der Waals surface area (Å²) in [6.45, 7) is 1.53. The number of aromatic hydroxyl groups is 2. The minimum absolute atomic E-state index is 0.0429. The van der Waals surface area contributed by atoms with Crippen molar-refractivity contribution in [1.82, 2.24) is 0 Å². The van der Waals surface area contributed by atoms with E-state index >= 15 is 0 Å². The molecule has 14 nitrogen and oxygen atoms in total. The highest BCUT2D eigenvalue weighted by atomic mass is 16.6. The smallest absolute Gasteiger partial charge is 0.379 e. The molecule has 0 aromatic heterocycles. The van der Waals surface area contributed by atoms with E-state index in [-0.39, 0.29) is 34.1 Å². The van der Waals surface area contributed by atoms with E-state index in [0.717, 1.165) is 13.8 Å². The van der Waals surface area contributed by atoms with Gasteiger partial charge in [-0.1, -0.05) is 6.07 Å². The van der Waals surface area contributed by atoms with Crippen LogP contribution < -0.4 is 4.74 Å². The van der Waals surface area contributed by atoms with Crippen LogP contribution in [-0.2, 0) is 48.5 Å². The lowest BCUT2D eigenvalue weighted by molar-refractivity contribution is -0.171. The number of ether oxygens (including phenoxy) is 6. The third-order valence-electron chi connectivity index (χ3n) is 7.38. The standard InChI is InChI=1S/C31H22O14/c1-13(32)40-12-24(41-14(2)33)26-27(25(36)30(39)43-26)44-28(37)15-3-6-19-18(9-15)29(38)45-31(19)20-7-4-16(34)10-22(20)42-23-11-17(35)5-8-21(23)31/h3-11,24,26-27,34-35H,12H2,1-2H3/t24-,26+,27?/m0/s1. The van der Waals surface area contributed by atoms with Crippen LogP contribution in [-0.4, -0.2) is 70.8 Å². The number of carbonyl (C=O) groups excluding carboxylic acids is 6. The number of cyclic esters (lactones) is 1. The molecule has 1 saturated heterocycles. The molecule has 6 rings (SSSR count). The van der Waals surface area contributed by atoms with Crippen molar-refractivity contribution in [3.05, 3.63) is 82.4 Å². The zero-order valence-corrected chi connectivity index (χ0v) is 23.4. The van der Waals surface area contributed by atoms with Crippen LogP contribution in [0.4, 0.5) is 0 Å². The van der Waals surface area contributed by atoms with Gasteiger partial charge in [0.05, 0.1) is 11.1 Å².